The van der Waals surface area contributed by atoms with E-state index in [1.54, 1.807) is 38.8 Å². The fourth-order valence-corrected chi connectivity index (χ4v) is 5.98. The molecule has 0 radical (unpaired) electrons. The Labute approximate surface area is 256 Å². The molecular weight excluding hydrogens is 566 g/mol. The van der Waals surface area contributed by atoms with Gasteiger partial charge in [-0.1, -0.05) is 67.6 Å². The predicted molar refractivity (Wildman–Crippen MR) is 163 cm³/mol. The molecule has 2 heterocycles. The first-order valence-electron chi connectivity index (χ1n) is 14.8. The van der Waals surface area contributed by atoms with Crippen LogP contribution in [0.3, 0.4) is 0 Å². The van der Waals surface area contributed by atoms with Gasteiger partial charge in [0, 0.05) is 51.9 Å². The molecule has 2 saturated heterocycles. The highest BCUT2D eigenvalue weighted by Gasteiger charge is 2.52. The molecule has 2 atom stereocenters. The second-order valence-corrected chi connectivity index (χ2v) is 11.4. The second-order valence-electron chi connectivity index (χ2n) is 11.4. The summed E-state index contributed by atoms with van der Waals surface area (Å²) in [7, 11) is 3.45. The maximum Gasteiger partial charge on any atom is 0.332 e. The fraction of sp³-hybridized carbons (Fsp3) is 0.364. The molecule has 3 aromatic carbocycles. The number of rotatable bonds is 10. The fourth-order valence-electron chi connectivity index (χ4n) is 5.98. The largest absolute Gasteiger partial charge is 0.377 e. The average Bonchev–Trinajstić information content (AvgIpc) is 3.34. The molecular formula is C33H38F2N6O3. The van der Waals surface area contributed by atoms with Gasteiger partial charge in [-0.3, -0.25) is 14.6 Å². The zero-order valence-corrected chi connectivity index (χ0v) is 25.2. The number of anilines is 1. The van der Waals surface area contributed by atoms with Gasteiger partial charge in [0.15, 0.2) is 11.6 Å². The van der Waals surface area contributed by atoms with Crippen molar-refractivity contribution < 1.29 is 23.2 Å². The molecule has 2 aliphatic rings. The zero-order chi connectivity index (χ0) is 31.4. The Balaban J connectivity index is 1.47. The minimum atomic E-state index is -1.00. The standard InChI is InChI=1S/C33H38F2N6O3/c1-4-15-39(33(44)36-19-24-13-9-6-10-14-24)40-22-31(42)41-29(16-23-11-7-5-8-12-23)32(43)38(21-30(40)41)20-25-17-26(34)27(35)18-28(25)37(2)3/h5-14,17-18,29-30H,4,15-16,19-22H2,1-3H3,(H,36,44)/t29-,30+/m0/s1. The number of piperazine rings is 1. The van der Waals surface area contributed by atoms with Crippen LogP contribution in [0, 0.1) is 11.6 Å². The van der Waals surface area contributed by atoms with Crippen molar-refractivity contribution in [3.8, 4) is 0 Å². The number of nitrogens with zero attached hydrogens (tertiary/aromatic N) is 5. The number of fused-ring (bicyclic) bond motifs is 1. The van der Waals surface area contributed by atoms with Gasteiger partial charge in [0.05, 0.1) is 13.1 Å². The number of hydrazine groups is 1. The first-order valence-corrected chi connectivity index (χ1v) is 14.8. The third kappa shape index (κ3) is 6.52. The van der Waals surface area contributed by atoms with Gasteiger partial charge in [0.25, 0.3) is 0 Å². The van der Waals surface area contributed by atoms with Crippen molar-refractivity contribution in [2.45, 2.75) is 45.1 Å². The maximum atomic E-state index is 14.4. The molecule has 0 saturated carbocycles. The topological polar surface area (TPSA) is 79.4 Å². The zero-order valence-electron chi connectivity index (χ0n) is 25.2. The Morgan fingerprint density at radius 2 is 1.59 bits per heavy atom. The second kappa shape index (κ2) is 13.4. The monoisotopic (exact) mass is 604 g/mol. The molecule has 0 aromatic heterocycles. The average molecular weight is 605 g/mol. The molecule has 2 fully saturated rings. The molecule has 0 bridgehead atoms. The van der Waals surface area contributed by atoms with Crippen molar-refractivity contribution in [1.29, 1.82) is 0 Å². The number of urea groups is 1. The number of carbonyl (C=O) groups is 3. The van der Waals surface area contributed by atoms with Crippen LogP contribution < -0.4 is 10.2 Å². The van der Waals surface area contributed by atoms with Crippen LogP contribution in [0.2, 0.25) is 0 Å². The lowest BCUT2D eigenvalue weighted by Gasteiger charge is -2.46. The van der Waals surface area contributed by atoms with E-state index >= 15 is 0 Å². The Kier molecular flexibility index (Phi) is 9.43. The van der Waals surface area contributed by atoms with E-state index in [0.717, 1.165) is 23.3 Å². The third-order valence-corrected chi connectivity index (χ3v) is 8.07. The van der Waals surface area contributed by atoms with Crippen LogP contribution in [0.15, 0.2) is 72.8 Å². The Morgan fingerprint density at radius 3 is 2.23 bits per heavy atom. The van der Waals surface area contributed by atoms with E-state index in [1.807, 2.05) is 67.6 Å². The first-order chi connectivity index (χ1) is 21.2. The van der Waals surface area contributed by atoms with Crippen molar-refractivity contribution >= 4 is 23.5 Å². The van der Waals surface area contributed by atoms with Crippen LogP contribution in [-0.2, 0) is 29.1 Å². The van der Waals surface area contributed by atoms with Gasteiger partial charge in [-0.05, 0) is 29.2 Å². The number of hydrogen-bond donors (Lipinski definition) is 1. The molecule has 9 nitrogen and oxygen atoms in total. The molecule has 232 valence electrons. The highest BCUT2D eigenvalue weighted by molar-refractivity contribution is 5.92. The van der Waals surface area contributed by atoms with Crippen LogP contribution >= 0.6 is 0 Å². The molecule has 11 heteroatoms. The lowest BCUT2D eigenvalue weighted by Crippen LogP contribution is -2.66. The van der Waals surface area contributed by atoms with Crippen molar-refractivity contribution in [2.75, 3.05) is 38.6 Å². The summed E-state index contributed by atoms with van der Waals surface area (Å²) in [5, 5.41) is 6.26. The normalized spacial score (nSPS) is 18.4. The summed E-state index contributed by atoms with van der Waals surface area (Å²) in [6, 6.07) is 20.0. The van der Waals surface area contributed by atoms with Gasteiger partial charge in [-0.2, -0.15) is 5.01 Å². The Morgan fingerprint density at radius 1 is 0.955 bits per heavy atom. The number of carbonyl (C=O) groups excluding carboxylic acids is 3. The van der Waals surface area contributed by atoms with Crippen LogP contribution in [0.4, 0.5) is 19.3 Å². The molecule has 0 spiro atoms. The van der Waals surface area contributed by atoms with E-state index < -0.39 is 23.8 Å². The van der Waals surface area contributed by atoms with E-state index in [0.29, 0.717) is 30.8 Å². The molecule has 1 N–H and O–H groups in total. The lowest BCUT2D eigenvalue weighted by atomic mass is 9.99. The lowest BCUT2D eigenvalue weighted by molar-refractivity contribution is -0.157. The highest BCUT2D eigenvalue weighted by atomic mass is 19.2. The number of benzene rings is 3. The van der Waals surface area contributed by atoms with Crippen LogP contribution in [-0.4, -0.2) is 83.6 Å². The Bertz CT molecular complexity index is 1490. The number of hydrogen-bond acceptors (Lipinski definition) is 5. The van der Waals surface area contributed by atoms with Gasteiger partial charge in [-0.15, -0.1) is 0 Å². The summed E-state index contributed by atoms with van der Waals surface area (Å²) >= 11 is 0. The maximum absolute atomic E-state index is 14.4. The smallest absolute Gasteiger partial charge is 0.332 e. The number of amides is 4. The van der Waals surface area contributed by atoms with Gasteiger partial charge >= 0.3 is 6.03 Å². The number of nitrogens with one attached hydrogen (secondary N) is 1. The van der Waals surface area contributed by atoms with E-state index in [1.165, 1.54) is 0 Å². The predicted octanol–water partition coefficient (Wildman–Crippen LogP) is 3.99. The molecule has 4 amide bonds. The minimum Gasteiger partial charge on any atom is -0.377 e. The molecule has 3 aromatic rings. The van der Waals surface area contributed by atoms with Gasteiger partial charge < -0.3 is 20.0 Å². The van der Waals surface area contributed by atoms with Gasteiger partial charge in [0.2, 0.25) is 11.8 Å². The highest BCUT2D eigenvalue weighted by Crippen LogP contribution is 2.32. The van der Waals surface area contributed by atoms with Crippen LogP contribution in [0.1, 0.15) is 30.0 Å². The van der Waals surface area contributed by atoms with Gasteiger partial charge in [0.1, 0.15) is 12.2 Å². The Hall–Kier alpha value is -4.51. The quantitative estimate of drug-likeness (QED) is 0.379. The molecule has 0 aliphatic carbocycles. The summed E-state index contributed by atoms with van der Waals surface area (Å²) in [6.07, 6.45) is 0.294. The van der Waals surface area contributed by atoms with E-state index in [4.69, 9.17) is 0 Å². The van der Waals surface area contributed by atoms with Crippen LogP contribution in [0.5, 0.6) is 0 Å². The first kappa shape index (κ1) is 30.9. The summed E-state index contributed by atoms with van der Waals surface area (Å²) in [5.41, 5.74) is 2.71. The minimum absolute atomic E-state index is 0.00912. The third-order valence-electron chi connectivity index (χ3n) is 8.07. The van der Waals surface area contributed by atoms with Gasteiger partial charge in [-0.25, -0.2) is 13.6 Å². The van der Waals surface area contributed by atoms with Crippen LogP contribution in [0.25, 0.3) is 0 Å². The van der Waals surface area contributed by atoms with E-state index in [-0.39, 0.29) is 43.9 Å². The van der Waals surface area contributed by atoms with Crippen molar-refractivity contribution in [2.24, 2.45) is 0 Å². The molecule has 44 heavy (non-hydrogen) atoms. The summed E-state index contributed by atoms with van der Waals surface area (Å²) in [6.45, 7) is 2.67. The van der Waals surface area contributed by atoms with Crippen molar-refractivity contribution in [1.82, 2.24) is 25.1 Å². The SMILES string of the molecule is CCCN(C(=O)NCc1ccccc1)N1CC(=O)N2[C@@H](Cc3ccccc3)C(=O)N(Cc3cc(F)c(F)cc3N(C)C)C[C@@H]21. The molecule has 2 aliphatic heterocycles. The summed E-state index contributed by atoms with van der Waals surface area (Å²) < 4.78 is 28.6. The molecule has 0 unspecified atom stereocenters. The molecule has 5 rings (SSSR count). The van der Waals surface area contributed by atoms with E-state index in [2.05, 4.69) is 5.32 Å². The van der Waals surface area contributed by atoms with Crippen molar-refractivity contribution in [3.05, 3.63) is 101 Å². The summed E-state index contributed by atoms with van der Waals surface area (Å²) in [4.78, 5) is 46.1. The van der Waals surface area contributed by atoms with E-state index in [9.17, 15) is 23.2 Å². The number of halogens is 2. The summed E-state index contributed by atoms with van der Waals surface area (Å²) in [5.74, 6) is -2.51. The van der Waals surface area contributed by atoms with Crippen molar-refractivity contribution in [3.63, 3.8) is 0 Å².